The number of hydrogen-bond donors (Lipinski definition) is 5. The largest absolute Gasteiger partial charge is 0.391 e. The Kier molecular flexibility index (Phi) is 11.4. The van der Waals surface area contributed by atoms with E-state index >= 15 is 0 Å². The van der Waals surface area contributed by atoms with E-state index in [0.717, 1.165) is 70.0 Å². The molecule has 6 nitrogen and oxygen atoms in total. The van der Waals surface area contributed by atoms with Crippen molar-refractivity contribution in [2.75, 3.05) is 19.6 Å². The summed E-state index contributed by atoms with van der Waals surface area (Å²) in [6.45, 7) is 11.7. The molecule has 0 amide bonds. The molecule has 4 fully saturated rings. The molecular formula is C32H61N3O3. The van der Waals surface area contributed by atoms with Crippen molar-refractivity contribution in [2.24, 2.45) is 35.5 Å². The van der Waals surface area contributed by atoms with Crippen LogP contribution in [-0.2, 0) is 0 Å². The fraction of sp³-hybridized carbons (Fsp3) is 1.00. The van der Waals surface area contributed by atoms with Crippen LogP contribution in [0.25, 0.3) is 0 Å². The zero-order valence-electron chi connectivity index (χ0n) is 25.1. The van der Waals surface area contributed by atoms with Crippen molar-refractivity contribution in [3.8, 4) is 0 Å². The Morgan fingerprint density at radius 2 is 1.42 bits per heavy atom. The molecule has 1 heterocycles. The van der Waals surface area contributed by atoms with Crippen LogP contribution in [0.3, 0.4) is 0 Å². The fourth-order valence-corrected chi connectivity index (χ4v) is 8.67. The molecule has 38 heavy (non-hydrogen) atoms. The standard InChI is InChI=1S/C32H61N3O3/c1-5-35-18-16-23(17-19-35)30(37)33-29(26-15-14-22-10-6-7-11-24(22)20-26)28(36)21-25-12-8-9-13-27(25)31(38)34-32(2,3)4/h22-31,33-34,36-38H,5-21H2,1-4H3/t22?,24?,25?,26?,27?,28-,29+,30?,31?/m1/s1. The van der Waals surface area contributed by atoms with Gasteiger partial charge in [0.25, 0.3) is 0 Å². The molecule has 6 heteroatoms. The van der Waals surface area contributed by atoms with Gasteiger partial charge in [0.05, 0.1) is 6.10 Å². The first kappa shape index (κ1) is 30.7. The van der Waals surface area contributed by atoms with Crippen LogP contribution in [0.4, 0.5) is 0 Å². The van der Waals surface area contributed by atoms with Crippen molar-refractivity contribution in [1.82, 2.24) is 15.5 Å². The summed E-state index contributed by atoms with van der Waals surface area (Å²) >= 11 is 0. The number of rotatable bonds is 10. The molecular weight excluding hydrogens is 474 g/mol. The van der Waals surface area contributed by atoms with Gasteiger partial charge in [-0.3, -0.25) is 10.6 Å². The van der Waals surface area contributed by atoms with Gasteiger partial charge in [-0.25, -0.2) is 0 Å². The van der Waals surface area contributed by atoms with Crippen molar-refractivity contribution in [3.05, 3.63) is 0 Å². The Morgan fingerprint density at radius 1 is 0.763 bits per heavy atom. The van der Waals surface area contributed by atoms with Crippen molar-refractivity contribution >= 4 is 0 Å². The van der Waals surface area contributed by atoms with Gasteiger partial charge in [0.1, 0.15) is 12.5 Å². The first-order chi connectivity index (χ1) is 18.1. The van der Waals surface area contributed by atoms with E-state index in [9.17, 15) is 15.3 Å². The average Bonchev–Trinajstić information content (AvgIpc) is 2.90. The van der Waals surface area contributed by atoms with E-state index in [2.05, 4.69) is 43.2 Å². The smallest absolute Gasteiger partial charge is 0.108 e. The number of aliphatic hydroxyl groups is 3. The van der Waals surface area contributed by atoms with Crippen LogP contribution < -0.4 is 10.6 Å². The highest BCUT2D eigenvalue weighted by molar-refractivity contribution is 4.94. The minimum Gasteiger partial charge on any atom is -0.391 e. The fourth-order valence-electron chi connectivity index (χ4n) is 8.67. The van der Waals surface area contributed by atoms with Crippen LogP contribution in [0.15, 0.2) is 0 Å². The molecule has 9 atom stereocenters. The second-order valence-corrected chi connectivity index (χ2v) is 14.6. The summed E-state index contributed by atoms with van der Waals surface area (Å²) in [5.41, 5.74) is -0.139. The minimum absolute atomic E-state index is 0.0626. The second-order valence-electron chi connectivity index (χ2n) is 14.6. The summed E-state index contributed by atoms with van der Waals surface area (Å²) in [6, 6.07) is -0.0626. The zero-order valence-corrected chi connectivity index (χ0v) is 25.1. The number of fused-ring (bicyclic) bond motifs is 1. The molecule has 222 valence electrons. The first-order valence-corrected chi connectivity index (χ1v) is 16.4. The van der Waals surface area contributed by atoms with E-state index in [4.69, 9.17) is 0 Å². The molecule has 4 aliphatic rings. The van der Waals surface area contributed by atoms with Crippen molar-refractivity contribution in [1.29, 1.82) is 0 Å². The van der Waals surface area contributed by atoms with Gasteiger partial charge < -0.3 is 20.2 Å². The predicted octanol–water partition coefficient (Wildman–Crippen LogP) is 4.87. The Balaban J connectivity index is 1.44. The van der Waals surface area contributed by atoms with E-state index in [1.807, 2.05) is 0 Å². The van der Waals surface area contributed by atoms with E-state index in [-0.39, 0.29) is 23.4 Å². The number of piperidine rings is 1. The van der Waals surface area contributed by atoms with Gasteiger partial charge in [0, 0.05) is 23.4 Å². The van der Waals surface area contributed by atoms with Gasteiger partial charge in [-0.05, 0) is 115 Å². The van der Waals surface area contributed by atoms with Crippen LogP contribution in [0.2, 0.25) is 0 Å². The maximum absolute atomic E-state index is 11.9. The van der Waals surface area contributed by atoms with Gasteiger partial charge >= 0.3 is 0 Å². The lowest BCUT2D eigenvalue weighted by atomic mass is 9.65. The van der Waals surface area contributed by atoms with Gasteiger partial charge in [0.15, 0.2) is 0 Å². The Bertz CT molecular complexity index is 692. The summed E-state index contributed by atoms with van der Waals surface area (Å²) in [6.07, 6.45) is 14.7. The molecule has 0 aromatic rings. The number of nitrogens with one attached hydrogen (secondary N) is 2. The van der Waals surface area contributed by atoms with Gasteiger partial charge in [-0.2, -0.15) is 0 Å². The van der Waals surface area contributed by atoms with Crippen molar-refractivity contribution in [3.63, 3.8) is 0 Å². The molecule has 0 bridgehead atoms. The molecule has 7 unspecified atom stereocenters. The van der Waals surface area contributed by atoms with Crippen LogP contribution in [0.5, 0.6) is 0 Å². The third-order valence-electron chi connectivity index (χ3n) is 10.9. The maximum atomic E-state index is 11.9. The van der Waals surface area contributed by atoms with E-state index in [1.54, 1.807) is 0 Å². The van der Waals surface area contributed by atoms with Crippen LogP contribution >= 0.6 is 0 Å². The molecule has 0 radical (unpaired) electrons. The molecule has 3 saturated carbocycles. The normalized spacial score (nSPS) is 35.3. The van der Waals surface area contributed by atoms with Crippen molar-refractivity contribution < 1.29 is 15.3 Å². The Labute approximate surface area is 233 Å². The maximum Gasteiger partial charge on any atom is 0.108 e. The lowest BCUT2D eigenvalue weighted by Gasteiger charge is -2.46. The highest BCUT2D eigenvalue weighted by atomic mass is 16.3. The topological polar surface area (TPSA) is 88.0 Å². The molecule has 1 saturated heterocycles. The van der Waals surface area contributed by atoms with E-state index in [1.165, 1.54) is 51.4 Å². The van der Waals surface area contributed by atoms with Crippen molar-refractivity contribution in [2.45, 2.75) is 148 Å². The summed E-state index contributed by atoms with van der Waals surface area (Å²) in [5.74, 6) is 2.85. The lowest BCUT2D eigenvalue weighted by molar-refractivity contribution is -0.0413. The highest BCUT2D eigenvalue weighted by Gasteiger charge is 2.41. The first-order valence-electron chi connectivity index (χ1n) is 16.4. The van der Waals surface area contributed by atoms with Crippen LogP contribution in [-0.4, -0.2) is 70.0 Å². The molecule has 1 aliphatic heterocycles. The number of nitrogens with zero attached hydrogens (tertiary/aromatic N) is 1. The predicted molar refractivity (Wildman–Crippen MR) is 156 cm³/mol. The summed E-state index contributed by atoms with van der Waals surface area (Å²) in [4.78, 5) is 2.47. The lowest BCUT2D eigenvalue weighted by Crippen LogP contribution is -2.55. The quantitative estimate of drug-likeness (QED) is 0.257. The summed E-state index contributed by atoms with van der Waals surface area (Å²) < 4.78 is 0. The summed E-state index contributed by atoms with van der Waals surface area (Å²) in [5, 5.41) is 41.5. The zero-order chi connectivity index (χ0) is 27.3. The average molecular weight is 536 g/mol. The van der Waals surface area contributed by atoms with Crippen LogP contribution in [0.1, 0.15) is 118 Å². The van der Waals surface area contributed by atoms with E-state index < -0.39 is 18.6 Å². The SMILES string of the molecule is CCN1CCC(C(O)N[C@@H](C2CCC3CCCCC3C2)[C@H](O)CC2CCCCC2C(O)NC(C)(C)C)CC1. The second kappa shape index (κ2) is 14.1. The molecule has 0 aromatic heterocycles. The third-order valence-corrected chi connectivity index (χ3v) is 10.9. The highest BCUT2D eigenvalue weighted by Crippen LogP contribution is 2.45. The van der Waals surface area contributed by atoms with Gasteiger partial charge in [-0.15, -0.1) is 0 Å². The van der Waals surface area contributed by atoms with Gasteiger partial charge in [0.2, 0.25) is 0 Å². The summed E-state index contributed by atoms with van der Waals surface area (Å²) in [7, 11) is 0. The molecule has 4 rings (SSSR count). The van der Waals surface area contributed by atoms with Gasteiger partial charge in [-0.1, -0.05) is 45.4 Å². The van der Waals surface area contributed by atoms with E-state index in [0.29, 0.717) is 11.8 Å². The number of likely N-dealkylation sites (tertiary alicyclic amines) is 1. The molecule has 5 N–H and O–H groups in total. The number of hydrogen-bond acceptors (Lipinski definition) is 6. The molecule has 3 aliphatic carbocycles. The Morgan fingerprint density at radius 3 is 2.11 bits per heavy atom. The monoisotopic (exact) mass is 535 g/mol. The third kappa shape index (κ3) is 8.39. The Hall–Kier alpha value is -0.240. The molecule has 0 spiro atoms. The van der Waals surface area contributed by atoms with Crippen LogP contribution in [0, 0.1) is 35.5 Å². The number of aliphatic hydroxyl groups excluding tert-OH is 3. The molecule has 0 aromatic carbocycles. The minimum atomic E-state index is -0.548.